The molecule has 1 fully saturated rings. The van der Waals surface area contributed by atoms with E-state index in [4.69, 9.17) is 5.73 Å². The van der Waals surface area contributed by atoms with Crippen molar-refractivity contribution in [3.05, 3.63) is 0 Å². The maximum Gasteiger partial charge on any atom is 0.237 e. The first-order valence-corrected chi connectivity index (χ1v) is 5.72. The lowest BCUT2D eigenvalue weighted by Crippen LogP contribution is -2.58. The molecule has 3 heteroatoms. The van der Waals surface area contributed by atoms with E-state index in [2.05, 4.69) is 18.7 Å². The largest absolute Gasteiger partial charge is 0.368 e. The summed E-state index contributed by atoms with van der Waals surface area (Å²) in [5.41, 5.74) is 5.24. The minimum absolute atomic E-state index is 0.124. The van der Waals surface area contributed by atoms with Crippen LogP contribution in [0, 0.1) is 0 Å². The van der Waals surface area contributed by atoms with Gasteiger partial charge in [-0.1, -0.05) is 33.1 Å². The molecule has 0 spiro atoms. The lowest BCUT2D eigenvalue weighted by atomic mass is 9.79. The van der Waals surface area contributed by atoms with Gasteiger partial charge in [-0.25, -0.2) is 0 Å². The first-order valence-electron chi connectivity index (χ1n) is 5.72. The molecule has 1 aliphatic rings. The third-order valence-corrected chi connectivity index (χ3v) is 3.51. The van der Waals surface area contributed by atoms with Gasteiger partial charge >= 0.3 is 0 Å². The van der Waals surface area contributed by atoms with Crippen LogP contribution in [-0.2, 0) is 4.79 Å². The molecule has 1 rings (SSSR count). The van der Waals surface area contributed by atoms with Crippen LogP contribution in [-0.4, -0.2) is 29.4 Å². The summed E-state index contributed by atoms with van der Waals surface area (Å²) in [6.07, 6.45) is 5.42. The second kappa shape index (κ2) is 4.78. The molecule has 0 aromatic carbocycles. The van der Waals surface area contributed by atoms with Crippen molar-refractivity contribution in [1.82, 2.24) is 4.90 Å². The van der Waals surface area contributed by atoms with Crippen LogP contribution in [0.2, 0.25) is 0 Å². The van der Waals surface area contributed by atoms with Crippen molar-refractivity contribution in [3.8, 4) is 0 Å². The van der Waals surface area contributed by atoms with Crippen LogP contribution < -0.4 is 5.73 Å². The molecule has 14 heavy (non-hydrogen) atoms. The summed E-state index contributed by atoms with van der Waals surface area (Å²) in [6, 6.07) is 0. The SMILES string of the molecule is CCN(CC)C1(C(N)=O)CCCCC1. The summed E-state index contributed by atoms with van der Waals surface area (Å²) in [5.74, 6) is -0.124. The normalized spacial score (nSPS) is 21.1. The van der Waals surface area contributed by atoms with Crippen LogP contribution in [0.4, 0.5) is 0 Å². The Kier molecular flexibility index (Phi) is 3.93. The highest BCUT2D eigenvalue weighted by Gasteiger charge is 2.41. The van der Waals surface area contributed by atoms with Crippen LogP contribution in [0.25, 0.3) is 0 Å². The van der Waals surface area contributed by atoms with E-state index in [1.165, 1.54) is 6.42 Å². The van der Waals surface area contributed by atoms with Crippen LogP contribution in [0.1, 0.15) is 46.0 Å². The number of primary amides is 1. The smallest absolute Gasteiger partial charge is 0.237 e. The highest BCUT2D eigenvalue weighted by Crippen LogP contribution is 2.33. The molecule has 0 heterocycles. The van der Waals surface area contributed by atoms with Crippen molar-refractivity contribution < 1.29 is 4.79 Å². The van der Waals surface area contributed by atoms with Crippen LogP contribution in [0.15, 0.2) is 0 Å². The fourth-order valence-electron chi connectivity index (χ4n) is 2.68. The average molecular weight is 198 g/mol. The molecule has 1 aliphatic carbocycles. The number of hydrogen-bond acceptors (Lipinski definition) is 2. The molecule has 1 amide bonds. The van der Waals surface area contributed by atoms with Gasteiger partial charge in [0.1, 0.15) is 5.54 Å². The Balaban J connectivity index is 2.83. The van der Waals surface area contributed by atoms with Gasteiger partial charge in [-0.2, -0.15) is 0 Å². The minimum Gasteiger partial charge on any atom is -0.368 e. The van der Waals surface area contributed by atoms with Gasteiger partial charge in [0.15, 0.2) is 0 Å². The Morgan fingerprint density at radius 3 is 2.07 bits per heavy atom. The molecule has 0 atom stereocenters. The second-order valence-electron chi connectivity index (χ2n) is 4.13. The van der Waals surface area contributed by atoms with Crippen molar-refractivity contribution in [2.75, 3.05) is 13.1 Å². The molecule has 2 N–H and O–H groups in total. The Labute approximate surface area is 86.6 Å². The van der Waals surface area contributed by atoms with Gasteiger partial charge in [-0.15, -0.1) is 0 Å². The van der Waals surface area contributed by atoms with Gasteiger partial charge in [0.25, 0.3) is 0 Å². The Hall–Kier alpha value is -0.570. The molecule has 0 bridgehead atoms. The number of amides is 1. The molecule has 3 nitrogen and oxygen atoms in total. The molecule has 82 valence electrons. The summed E-state index contributed by atoms with van der Waals surface area (Å²) in [7, 11) is 0. The van der Waals surface area contributed by atoms with E-state index in [0.717, 1.165) is 38.8 Å². The van der Waals surface area contributed by atoms with Crippen LogP contribution >= 0.6 is 0 Å². The van der Waals surface area contributed by atoms with Gasteiger partial charge in [0.2, 0.25) is 5.91 Å². The summed E-state index contributed by atoms with van der Waals surface area (Å²) in [4.78, 5) is 13.8. The maximum atomic E-state index is 11.6. The van der Waals surface area contributed by atoms with Gasteiger partial charge in [0.05, 0.1) is 0 Å². The average Bonchev–Trinajstić information content (AvgIpc) is 2.21. The number of likely N-dealkylation sites (N-methyl/N-ethyl adjacent to an activating group) is 1. The van der Waals surface area contributed by atoms with Crippen molar-refractivity contribution in [2.45, 2.75) is 51.5 Å². The number of carbonyl (C=O) groups is 1. The Bertz CT molecular complexity index is 193. The molecule has 1 saturated carbocycles. The predicted octanol–water partition coefficient (Wildman–Crippen LogP) is 1.52. The number of hydrogen-bond donors (Lipinski definition) is 1. The minimum atomic E-state index is -0.332. The quantitative estimate of drug-likeness (QED) is 0.744. The van der Waals surface area contributed by atoms with Gasteiger partial charge in [0, 0.05) is 0 Å². The van der Waals surface area contributed by atoms with Crippen molar-refractivity contribution >= 4 is 5.91 Å². The summed E-state index contributed by atoms with van der Waals surface area (Å²) >= 11 is 0. The van der Waals surface area contributed by atoms with Gasteiger partial charge in [-0.3, -0.25) is 9.69 Å². The lowest BCUT2D eigenvalue weighted by molar-refractivity contribution is -0.132. The zero-order chi connectivity index (χ0) is 10.6. The molecule has 0 radical (unpaired) electrons. The van der Waals surface area contributed by atoms with Crippen molar-refractivity contribution in [3.63, 3.8) is 0 Å². The van der Waals surface area contributed by atoms with Crippen molar-refractivity contribution in [1.29, 1.82) is 0 Å². The third-order valence-electron chi connectivity index (χ3n) is 3.51. The predicted molar refractivity (Wildman–Crippen MR) is 57.9 cm³/mol. The van der Waals surface area contributed by atoms with E-state index in [1.54, 1.807) is 0 Å². The number of carbonyl (C=O) groups excluding carboxylic acids is 1. The highest BCUT2D eigenvalue weighted by molar-refractivity contribution is 5.84. The molecule has 0 saturated heterocycles. The molecule has 0 aliphatic heterocycles. The molecule has 0 aromatic rings. The first-order chi connectivity index (χ1) is 6.67. The number of rotatable bonds is 4. The van der Waals surface area contributed by atoms with E-state index in [9.17, 15) is 4.79 Å². The van der Waals surface area contributed by atoms with Crippen LogP contribution in [0.5, 0.6) is 0 Å². The zero-order valence-electron chi connectivity index (χ0n) is 9.38. The fourth-order valence-corrected chi connectivity index (χ4v) is 2.68. The molecule has 0 unspecified atom stereocenters. The third kappa shape index (κ3) is 1.92. The monoisotopic (exact) mass is 198 g/mol. The zero-order valence-corrected chi connectivity index (χ0v) is 9.38. The molecule has 0 aromatic heterocycles. The van der Waals surface area contributed by atoms with Crippen molar-refractivity contribution in [2.24, 2.45) is 5.73 Å². The van der Waals surface area contributed by atoms with Gasteiger partial charge < -0.3 is 5.73 Å². The van der Waals surface area contributed by atoms with E-state index < -0.39 is 0 Å². The Morgan fingerprint density at radius 2 is 1.71 bits per heavy atom. The van der Waals surface area contributed by atoms with E-state index in [-0.39, 0.29) is 11.4 Å². The first kappa shape index (κ1) is 11.5. The summed E-state index contributed by atoms with van der Waals surface area (Å²) in [6.45, 7) is 6.03. The van der Waals surface area contributed by atoms with E-state index in [1.807, 2.05) is 0 Å². The fraction of sp³-hybridized carbons (Fsp3) is 0.909. The lowest BCUT2D eigenvalue weighted by Gasteiger charge is -2.43. The maximum absolute atomic E-state index is 11.6. The molecular weight excluding hydrogens is 176 g/mol. The number of nitrogens with two attached hydrogens (primary N) is 1. The van der Waals surface area contributed by atoms with E-state index >= 15 is 0 Å². The highest BCUT2D eigenvalue weighted by atomic mass is 16.1. The second-order valence-corrected chi connectivity index (χ2v) is 4.13. The topological polar surface area (TPSA) is 46.3 Å². The summed E-state index contributed by atoms with van der Waals surface area (Å²) < 4.78 is 0. The standard InChI is InChI=1S/C11H22N2O/c1-3-13(4-2)11(10(12)14)8-6-5-7-9-11/h3-9H2,1-2H3,(H2,12,14). The summed E-state index contributed by atoms with van der Waals surface area (Å²) in [5, 5.41) is 0. The van der Waals surface area contributed by atoms with E-state index in [0.29, 0.717) is 0 Å². The number of nitrogens with zero attached hydrogens (tertiary/aromatic N) is 1. The molecular formula is C11H22N2O. The van der Waals surface area contributed by atoms with Crippen LogP contribution in [0.3, 0.4) is 0 Å². The van der Waals surface area contributed by atoms with Gasteiger partial charge in [-0.05, 0) is 25.9 Å². The Morgan fingerprint density at radius 1 is 1.21 bits per heavy atom.